The summed E-state index contributed by atoms with van der Waals surface area (Å²) in [5, 5.41) is 2.72. The van der Waals surface area contributed by atoms with E-state index in [1.54, 1.807) is 30.9 Å². The molecule has 114 valence electrons. The fourth-order valence-corrected chi connectivity index (χ4v) is 2.89. The molecule has 1 amide bonds. The van der Waals surface area contributed by atoms with Gasteiger partial charge in [-0.25, -0.2) is 0 Å². The Morgan fingerprint density at radius 2 is 2.09 bits per heavy atom. The Morgan fingerprint density at radius 3 is 2.73 bits per heavy atom. The van der Waals surface area contributed by atoms with Crippen molar-refractivity contribution in [2.24, 2.45) is 12.0 Å². The molecule has 22 heavy (non-hydrogen) atoms. The van der Waals surface area contributed by atoms with Gasteiger partial charge in [-0.05, 0) is 12.1 Å². The number of hydrogen-bond donors (Lipinski definition) is 1. The summed E-state index contributed by atoms with van der Waals surface area (Å²) < 4.78 is 12.4. The number of hydrogen-bond acceptors (Lipinski definition) is 4. The van der Waals surface area contributed by atoms with E-state index in [0.717, 1.165) is 10.9 Å². The molecule has 3 rings (SSSR count). The first-order valence-electron chi connectivity index (χ1n) is 6.56. The predicted octanol–water partition coefficient (Wildman–Crippen LogP) is 2.33. The lowest BCUT2D eigenvalue weighted by Crippen LogP contribution is -2.12. The van der Waals surface area contributed by atoms with Gasteiger partial charge in [-0.2, -0.15) is 4.99 Å². The molecular formula is C15H15N3O3S. The average Bonchev–Trinajstić information content (AvgIpc) is 3.12. The summed E-state index contributed by atoms with van der Waals surface area (Å²) in [7, 11) is 5.01. The Balaban J connectivity index is 2.09. The molecule has 0 aliphatic rings. The van der Waals surface area contributed by atoms with Gasteiger partial charge < -0.3 is 19.0 Å². The molecule has 0 unspecified atom stereocenters. The average molecular weight is 317 g/mol. The van der Waals surface area contributed by atoms with Gasteiger partial charge in [0.2, 0.25) is 0 Å². The molecule has 3 aromatic rings. The number of aromatic amines is 1. The summed E-state index contributed by atoms with van der Waals surface area (Å²) in [5.41, 5.74) is 1.16. The van der Waals surface area contributed by atoms with E-state index >= 15 is 0 Å². The minimum absolute atomic E-state index is 0.324. The highest BCUT2D eigenvalue weighted by Gasteiger charge is 2.13. The smallest absolute Gasteiger partial charge is 0.296 e. The van der Waals surface area contributed by atoms with Crippen molar-refractivity contribution in [2.75, 3.05) is 14.2 Å². The predicted molar refractivity (Wildman–Crippen MR) is 84.6 cm³/mol. The van der Waals surface area contributed by atoms with Crippen molar-refractivity contribution in [2.45, 2.75) is 0 Å². The van der Waals surface area contributed by atoms with E-state index in [2.05, 4.69) is 9.98 Å². The largest absolute Gasteiger partial charge is 0.497 e. The zero-order valence-corrected chi connectivity index (χ0v) is 13.2. The van der Waals surface area contributed by atoms with Gasteiger partial charge in [0, 0.05) is 30.1 Å². The number of nitrogens with zero attached hydrogens (tertiary/aromatic N) is 2. The molecule has 7 heteroatoms. The minimum atomic E-state index is -0.324. The molecule has 2 heterocycles. The number of H-pyrrole nitrogens is 1. The molecule has 0 bridgehead atoms. The number of fused-ring (bicyclic) bond motifs is 1. The Hall–Kier alpha value is -2.54. The van der Waals surface area contributed by atoms with Gasteiger partial charge in [0.25, 0.3) is 5.91 Å². The van der Waals surface area contributed by atoms with Crippen LogP contribution in [0.25, 0.3) is 10.9 Å². The maximum Gasteiger partial charge on any atom is 0.296 e. The van der Waals surface area contributed by atoms with Crippen molar-refractivity contribution in [3.05, 3.63) is 40.3 Å². The van der Waals surface area contributed by atoms with Gasteiger partial charge >= 0.3 is 0 Å². The molecule has 0 saturated heterocycles. The van der Waals surface area contributed by atoms with Crippen LogP contribution >= 0.6 is 11.3 Å². The normalized spacial score (nSPS) is 11.9. The van der Waals surface area contributed by atoms with Crippen LogP contribution in [0.4, 0.5) is 0 Å². The highest BCUT2D eigenvalue weighted by atomic mass is 32.1. The molecule has 0 spiro atoms. The van der Waals surface area contributed by atoms with Crippen molar-refractivity contribution >= 4 is 28.1 Å². The van der Waals surface area contributed by atoms with Crippen molar-refractivity contribution in [3.8, 4) is 11.5 Å². The van der Waals surface area contributed by atoms with Gasteiger partial charge in [-0.1, -0.05) is 0 Å². The van der Waals surface area contributed by atoms with Crippen LogP contribution in [0.2, 0.25) is 0 Å². The molecule has 2 aromatic heterocycles. The maximum atomic E-state index is 12.3. The molecule has 0 atom stereocenters. The number of aryl methyl sites for hydroxylation is 1. The van der Waals surface area contributed by atoms with E-state index in [9.17, 15) is 4.79 Å². The molecule has 1 aromatic carbocycles. The number of rotatable bonds is 3. The van der Waals surface area contributed by atoms with E-state index in [1.807, 2.05) is 24.7 Å². The number of methoxy groups -OCH3 is 2. The fourth-order valence-electron chi connectivity index (χ4n) is 2.16. The second-order valence-corrected chi connectivity index (χ2v) is 5.56. The summed E-state index contributed by atoms with van der Waals surface area (Å²) in [6.07, 6.45) is 1.86. The SMILES string of the molecule is COc1cc(OC)c2[nH]c(C(=O)N=c3sccn3C)cc2c1. The van der Waals surface area contributed by atoms with Crippen molar-refractivity contribution < 1.29 is 14.3 Å². The lowest BCUT2D eigenvalue weighted by molar-refractivity contribution is 0.0994. The molecule has 0 aliphatic heterocycles. The number of nitrogens with one attached hydrogen (secondary N) is 1. The first kappa shape index (κ1) is 14.4. The van der Waals surface area contributed by atoms with Crippen LogP contribution in [0.3, 0.4) is 0 Å². The Kier molecular flexibility index (Phi) is 3.72. The summed E-state index contributed by atoms with van der Waals surface area (Å²) in [5.74, 6) is 0.967. The number of thiazole rings is 1. The van der Waals surface area contributed by atoms with Crippen LogP contribution in [-0.4, -0.2) is 29.7 Å². The molecule has 0 radical (unpaired) electrons. The summed E-state index contributed by atoms with van der Waals surface area (Å²) in [4.78, 5) is 20.1. The van der Waals surface area contributed by atoms with E-state index in [4.69, 9.17) is 9.47 Å². The Morgan fingerprint density at radius 1 is 1.27 bits per heavy atom. The number of aromatic nitrogens is 2. The van der Waals surface area contributed by atoms with E-state index < -0.39 is 0 Å². The second-order valence-electron chi connectivity index (χ2n) is 4.69. The highest BCUT2D eigenvalue weighted by molar-refractivity contribution is 7.07. The van der Waals surface area contributed by atoms with E-state index in [0.29, 0.717) is 22.0 Å². The molecule has 0 saturated carbocycles. The number of amides is 1. The van der Waals surface area contributed by atoms with Gasteiger partial charge in [0.15, 0.2) is 4.80 Å². The van der Waals surface area contributed by atoms with Crippen LogP contribution < -0.4 is 14.3 Å². The standard InChI is InChI=1S/C15H15N3O3S/c1-18-4-5-22-15(18)17-14(19)11-7-9-6-10(20-2)8-12(21-3)13(9)16-11/h4-8,16H,1-3H3. The summed E-state index contributed by atoms with van der Waals surface area (Å²) >= 11 is 1.41. The maximum absolute atomic E-state index is 12.3. The Bertz CT molecular complexity index is 904. The third kappa shape index (κ3) is 2.50. The van der Waals surface area contributed by atoms with E-state index in [-0.39, 0.29) is 5.91 Å². The van der Waals surface area contributed by atoms with Crippen LogP contribution in [0, 0.1) is 0 Å². The molecule has 6 nitrogen and oxygen atoms in total. The number of carbonyl (C=O) groups is 1. The summed E-state index contributed by atoms with van der Waals surface area (Å²) in [6.45, 7) is 0. The number of ether oxygens (including phenoxy) is 2. The lowest BCUT2D eigenvalue weighted by atomic mass is 10.2. The monoisotopic (exact) mass is 317 g/mol. The van der Waals surface area contributed by atoms with E-state index in [1.165, 1.54) is 11.3 Å². The molecule has 1 N–H and O–H groups in total. The Labute approximate surface area is 130 Å². The molecule has 0 fully saturated rings. The zero-order valence-electron chi connectivity index (χ0n) is 12.4. The second kappa shape index (κ2) is 5.69. The molecule has 0 aliphatic carbocycles. The molecular weight excluding hydrogens is 302 g/mol. The third-order valence-corrected chi connectivity index (χ3v) is 4.16. The van der Waals surface area contributed by atoms with Crippen LogP contribution in [0.5, 0.6) is 11.5 Å². The minimum Gasteiger partial charge on any atom is -0.497 e. The zero-order chi connectivity index (χ0) is 15.7. The van der Waals surface area contributed by atoms with Crippen LogP contribution in [0.1, 0.15) is 10.5 Å². The quantitative estimate of drug-likeness (QED) is 0.806. The first-order valence-corrected chi connectivity index (χ1v) is 7.44. The lowest BCUT2D eigenvalue weighted by Gasteiger charge is -2.05. The first-order chi connectivity index (χ1) is 10.6. The van der Waals surface area contributed by atoms with Crippen LogP contribution in [-0.2, 0) is 7.05 Å². The third-order valence-electron chi connectivity index (χ3n) is 3.31. The van der Waals surface area contributed by atoms with Gasteiger partial charge in [0.1, 0.15) is 17.2 Å². The number of benzene rings is 1. The van der Waals surface area contributed by atoms with Gasteiger partial charge in [-0.15, -0.1) is 11.3 Å². The number of carbonyl (C=O) groups excluding carboxylic acids is 1. The fraction of sp³-hybridized carbons (Fsp3) is 0.200. The van der Waals surface area contributed by atoms with Crippen molar-refractivity contribution in [1.29, 1.82) is 0 Å². The van der Waals surface area contributed by atoms with Crippen molar-refractivity contribution in [1.82, 2.24) is 9.55 Å². The topological polar surface area (TPSA) is 68.6 Å². The van der Waals surface area contributed by atoms with Crippen molar-refractivity contribution in [3.63, 3.8) is 0 Å². The summed E-state index contributed by atoms with van der Waals surface area (Å²) in [6, 6.07) is 5.36. The van der Waals surface area contributed by atoms with Gasteiger partial charge in [-0.3, -0.25) is 4.79 Å². The van der Waals surface area contributed by atoms with Gasteiger partial charge in [0.05, 0.1) is 19.7 Å². The van der Waals surface area contributed by atoms with Crippen LogP contribution in [0.15, 0.2) is 34.8 Å². The highest BCUT2D eigenvalue weighted by Crippen LogP contribution is 2.31.